The van der Waals surface area contributed by atoms with E-state index in [0.717, 1.165) is 28.6 Å². The number of nitrogens with zero attached hydrogens (tertiary/aromatic N) is 1. The largest absolute Gasteiger partial charge is 0.372 e. The monoisotopic (exact) mass is 337 g/mol. The Bertz CT molecular complexity index is 567. The predicted molar refractivity (Wildman–Crippen MR) is 93.9 cm³/mol. The predicted octanol–water partition coefficient (Wildman–Crippen LogP) is 4.86. The molecule has 2 aromatic carbocycles. The normalized spacial score (nSPS) is 12.6. The van der Waals surface area contributed by atoms with E-state index in [0.29, 0.717) is 6.61 Å². The van der Waals surface area contributed by atoms with Crippen molar-refractivity contribution in [1.82, 2.24) is 4.90 Å². The first-order valence-corrected chi connectivity index (χ1v) is 8.06. The second-order valence-electron chi connectivity index (χ2n) is 5.54. The second kappa shape index (κ2) is 8.54. The fourth-order valence-electron chi connectivity index (χ4n) is 2.16. The van der Waals surface area contributed by atoms with Crippen LogP contribution in [0.4, 0.5) is 0 Å². The van der Waals surface area contributed by atoms with Gasteiger partial charge in [-0.1, -0.05) is 47.5 Å². The molecule has 1 atom stereocenters. The fourth-order valence-corrected chi connectivity index (χ4v) is 2.41. The number of hydrogen-bond donors (Lipinski definition) is 0. The number of hydrogen-bond acceptors (Lipinski definition) is 2. The molecule has 0 radical (unpaired) electrons. The van der Waals surface area contributed by atoms with Gasteiger partial charge in [-0.2, -0.15) is 0 Å². The van der Waals surface area contributed by atoms with Gasteiger partial charge in [0, 0.05) is 23.0 Å². The molecule has 0 spiro atoms. The molecule has 0 fully saturated rings. The summed E-state index contributed by atoms with van der Waals surface area (Å²) in [4.78, 5) is 2.11. The molecule has 0 saturated carbocycles. The first kappa shape index (κ1) is 17.3. The van der Waals surface area contributed by atoms with Crippen molar-refractivity contribution in [2.75, 3.05) is 27.2 Å². The van der Waals surface area contributed by atoms with Crippen molar-refractivity contribution in [3.05, 3.63) is 69.7 Å². The molecule has 0 saturated heterocycles. The first-order chi connectivity index (χ1) is 10.5. The van der Waals surface area contributed by atoms with Crippen molar-refractivity contribution in [2.45, 2.75) is 12.5 Å². The Balaban J connectivity index is 2.09. The molecule has 4 heteroatoms. The lowest BCUT2D eigenvalue weighted by molar-refractivity contribution is 0.0436. The molecular formula is C18H21Cl2NO. The summed E-state index contributed by atoms with van der Waals surface area (Å²) < 4.78 is 6.10. The Morgan fingerprint density at radius 2 is 1.45 bits per heavy atom. The third-order valence-electron chi connectivity index (χ3n) is 3.43. The molecule has 2 aromatic rings. The van der Waals surface area contributed by atoms with Crippen LogP contribution in [0.1, 0.15) is 17.2 Å². The first-order valence-electron chi connectivity index (χ1n) is 7.31. The summed E-state index contributed by atoms with van der Waals surface area (Å²) in [6, 6.07) is 15.8. The van der Waals surface area contributed by atoms with Crippen LogP contribution in [0.2, 0.25) is 10.0 Å². The molecule has 0 aliphatic rings. The van der Waals surface area contributed by atoms with Gasteiger partial charge in [-0.05, 0) is 49.5 Å². The topological polar surface area (TPSA) is 12.5 Å². The van der Waals surface area contributed by atoms with Crippen molar-refractivity contribution in [2.24, 2.45) is 0 Å². The summed E-state index contributed by atoms with van der Waals surface area (Å²) in [6.07, 6.45) is 0.824. The van der Waals surface area contributed by atoms with Crippen LogP contribution in [0.5, 0.6) is 0 Å². The Morgan fingerprint density at radius 1 is 0.909 bits per heavy atom. The van der Waals surface area contributed by atoms with E-state index >= 15 is 0 Å². The number of halogens is 2. The molecule has 0 N–H and O–H groups in total. The molecule has 2 rings (SSSR count). The van der Waals surface area contributed by atoms with Crippen LogP contribution in [0, 0.1) is 0 Å². The lowest BCUT2D eigenvalue weighted by atomic mass is 10.0. The maximum atomic E-state index is 6.10. The molecule has 0 bridgehead atoms. The Labute approximate surface area is 142 Å². The van der Waals surface area contributed by atoms with Crippen molar-refractivity contribution in [3.63, 3.8) is 0 Å². The summed E-state index contributed by atoms with van der Waals surface area (Å²) in [7, 11) is 4.08. The molecule has 0 aliphatic carbocycles. The second-order valence-corrected chi connectivity index (χ2v) is 6.42. The molecule has 0 amide bonds. The Morgan fingerprint density at radius 3 is 2.00 bits per heavy atom. The highest BCUT2D eigenvalue weighted by atomic mass is 35.5. The van der Waals surface area contributed by atoms with Crippen LogP contribution >= 0.6 is 23.2 Å². The van der Waals surface area contributed by atoms with Gasteiger partial charge >= 0.3 is 0 Å². The van der Waals surface area contributed by atoms with E-state index in [-0.39, 0.29) is 6.10 Å². The summed E-state index contributed by atoms with van der Waals surface area (Å²) in [6.45, 7) is 1.58. The SMILES string of the molecule is CN(C)CCOC(Cc1ccc(Cl)cc1)c1ccc(Cl)cc1. The molecule has 0 aliphatic heterocycles. The fraction of sp³-hybridized carbons (Fsp3) is 0.333. The van der Waals surface area contributed by atoms with Crippen molar-refractivity contribution < 1.29 is 4.74 Å². The molecule has 2 nitrogen and oxygen atoms in total. The van der Waals surface area contributed by atoms with Crippen LogP contribution in [-0.2, 0) is 11.2 Å². The standard InChI is InChI=1S/C18H21Cl2NO/c1-21(2)11-12-22-18(15-5-9-17(20)10-6-15)13-14-3-7-16(19)8-4-14/h3-10,18H,11-13H2,1-2H3. The maximum Gasteiger partial charge on any atom is 0.0865 e. The summed E-state index contributed by atoms with van der Waals surface area (Å²) in [5.74, 6) is 0. The van der Waals surface area contributed by atoms with Crippen LogP contribution in [-0.4, -0.2) is 32.1 Å². The maximum absolute atomic E-state index is 6.10. The van der Waals surface area contributed by atoms with Crippen LogP contribution in [0.25, 0.3) is 0 Å². The zero-order valence-electron chi connectivity index (χ0n) is 12.9. The smallest absolute Gasteiger partial charge is 0.0865 e. The third-order valence-corrected chi connectivity index (χ3v) is 3.94. The van der Waals surface area contributed by atoms with E-state index in [1.165, 1.54) is 5.56 Å². The summed E-state index contributed by atoms with van der Waals surface area (Å²) in [5.41, 5.74) is 2.34. The van der Waals surface area contributed by atoms with Gasteiger partial charge in [0.2, 0.25) is 0 Å². The number of likely N-dealkylation sites (N-methyl/N-ethyl adjacent to an activating group) is 1. The number of benzene rings is 2. The van der Waals surface area contributed by atoms with Gasteiger partial charge < -0.3 is 9.64 Å². The van der Waals surface area contributed by atoms with E-state index in [1.807, 2.05) is 62.6 Å². The minimum absolute atomic E-state index is 0.0124. The van der Waals surface area contributed by atoms with Crippen LogP contribution < -0.4 is 0 Å². The molecular weight excluding hydrogens is 317 g/mol. The van der Waals surface area contributed by atoms with E-state index in [9.17, 15) is 0 Å². The van der Waals surface area contributed by atoms with Crippen molar-refractivity contribution in [1.29, 1.82) is 0 Å². The van der Waals surface area contributed by atoms with Gasteiger partial charge in [0.25, 0.3) is 0 Å². The van der Waals surface area contributed by atoms with E-state index in [4.69, 9.17) is 27.9 Å². The highest BCUT2D eigenvalue weighted by molar-refractivity contribution is 6.30. The summed E-state index contributed by atoms with van der Waals surface area (Å²) >= 11 is 11.9. The summed E-state index contributed by atoms with van der Waals surface area (Å²) in [5, 5.41) is 1.49. The highest BCUT2D eigenvalue weighted by Gasteiger charge is 2.13. The molecule has 0 aromatic heterocycles. The van der Waals surface area contributed by atoms with Crippen LogP contribution in [0.3, 0.4) is 0 Å². The number of ether oxygens (including phenoxy) is 1. The third kappa shape index (κ3) is 5.62. The van der Waals surface area contributed by atoms with Gasteiger partial charge in [-0.3, -0.25) is 0 Å². The van der Waals surface area contributed by atoms with Gasteiger partial charge in [0.15, 0.2) is 0 Å². The van der Waals surface area contributed by atoms with Gasteiger partial charge in [0.1, 0.15) is 0 Å². The Kier molecular flexibility index (Phi) is 6.71. The van der Waals surface area contributed by atoms with Crippen molar-refractivity contribution in [3.8, 4) is 0 Å². The number of rotatable bonds is 7. The minimum Gasteiger partial charge on any atom is -0.372 e. The molecule has 0 heterocycles. The average molecular weight is 338 g/mol. The molecule has 1 unspecified atom stereocenters. The quantitative estimate of drug-likeness (QED) is 0.715. The molecule has 22 heavy (non-hydrogen) atoms. The molecule has 118 valence electrons. The minimum atomic E-state index is 0.0124. The van der Waals surface area contributed by atoms with Gasteiger partial charge in [-0.15, -0.1) is 0 Å². The zero-order valence-corrected chi connectivity index (χ0v) is 14.4. The average Bonchev–Trinajstić information content (AvgIpc) is 2.49. The Hall–Kier alpha value is -1.06. The van der Waals surface area contributed by atoms with Crippen LogP contribution in [0.15, 0.2) is 48.5 Å². The van der Waals surface area contributed by atoms with E-state index in [1.54, 1.807) is 0 Å². The lowest BCUT2D eigenvalue weighted by Gasteiger charge is -2.20. The van der Waals surface area contributed by atoms with Gasteiger partial charge in [-0.25, -0.2) is 0 Å². The lowest BCUT2D eigenvalue weighted by Crippen LogP contribution is -2.20. The zero-order chi connectivity index (χ0) is 15.9. The van der Waals surface area contributed by atoms with E-state index < -0.39 is 0 Å². The van der Waals surface area contributed by atoms with Crippen molar-refractivity contribution >= 4 is 23.2 Å². The van der Waals surface area contributed by atoms with E-state index in [2.05, 4.69) is 4.90 Å². The van der Waals surface area contributed by atoms with Gasteiger partial charge in [0.05, 0.1) is 12.7 Å². The highest BCUT2D eigenvalue weighted by Crippen LogP contribution is 2.24.